The van der Waals surface area contributed by atoms with Crippen LogP contribution in [0.2, 0.25) is 5.02 Å². The standard InChI is InChI=1S/C10H8ClNO2/c1-14-10-7-3-2-6(13)4-8(7)9(11)5-12-10/h2-5,13H,1H3. The highest BCUT2D eigenvalue weighted by atomic mass is 35.5. The third-order valence-electron chi connectivity index (χ3n) is 1.98. The predicted molar refractivity (Wildman–Crippen MR) is 55.0 cm³/mol. The van der Waals surface area contributed by atoms with E-state index < -0.39 is 0 Å². The molecule has 0 unspecified atom stereocenters. The van der Waals surface area contributed by atoms with Crippen LogP contribution in [0, 0.1) is 0 Å². The number of methoxy groups -OCH3 is 1. The number of benzene rings is 1. The van der Waals surface area contributed by atoms with Crippen LogP contribution in [0.25, 0.3) is 10.8 Å². The first-order valence-corrected chi connectivity index (χ1v) is 4.41. The lowest BCUT2D eigenvalue weighted by Gasteiger charge is -2.05. The molecule has 0 fully saturated rings. The Bertz CT molecular complexity index is 485. The number of phenols is 1. The molecule has 0 radical (unpaired) electrons. The van der Waals surface area contributed by atoms with Gasteiger partial charge >= 0.3 is 0 Å². The summed E-state index contributed by atoms with van der Waals surface area (Å²) in [6.45, 7) is 0. The average molecular weight is 210 g/mol. The van der Waals surface area contributed by atoms with Crippen LogP contribution in [0.3, 0.4) is 0 Å². The van der Waals surface area contributed by atoms with Gasteiger partial charge in [-0.05, 0) is 18.2 Å². The van der Waals surface area contributed by atoms with Crippen LogP contribution in [0.15, 0.2) is 24.4 Å². The van der Waals surface area contributed by atoms with Crippen molar-refractivity contribution in [3.05, 3.63) is 29.4 Å². The number of phenolic OH excluding ortho intramolecular Hbond substituents is 1. The molecule has 0 aliphatic carbocycles. The Morgan fingerprint density at radius 2 is 2.14 bits per heavy atom. The number of ether oxygens (including phenoxy) is 1. The number of nitrogens with zero attached hydrogens (tertiary/aromatic N) is 1. The summed E-state index contributed by atoms with van der Waals surface area (Å²) in [5.74, 6) is 0.678. The zero-order chi connectivity index (χ0) is 10.1. The van der Waals surface area contributed by atoms with E-state index in [0.29, 0.717) is 10.9 Å². The van der Waals surface area contributed by atoms with Crippen molar-refractivity contribution < 1.29 is 9.84 Å². The summed E-state index contributed by atoms with van der Waals surface area (Å²) in [5.41, 5.74) is 0. The number of aromatic hydroxyl groups is 1. The van der Waals surface area contributed by atoms with Gasteiger partial charge in [0.1, 0.15) is 5.75 Å². The zero-order valence-electron chi connectivity index (χ0n) is 7.49. The second-order valence-corrected chi connectivity index (χ2v) is 3.25. The van der Waals surface area contributed by atoms with E-state index in [0.717, 1.165) is 10.8 Å². The summed E-state index contributed by atoms with van der Waals surface area (Å²) in [6, 6.07) is 4.88. The molecule has 3 nitrogen and oxygen atoms in total. The first kappa shape index (κ1) is 9.09. The van der Waals surface area contributed by atoms with Crippen molar-refractivity contribution in [2.75, 3.05) is 7.11 Å². The Labute approximate surface area is 85.9 Å². The van der Waals surface area contributed by atoms with E-state index >= 15 is 0 Å². The van der Waals surface area contributed by atoms with E-state index in [4.69, 9.17) is 16.3 Å². The van der Waals surface area contributed by atoms with Crippen LogP contribution in [0.4, 0.5) is 0 Å². The second kappa shape index (κ2) is 3.35. The molecule has 1 heterocycles. The van der Waals surface area contributed by atoms with Crippen molar-refractivity contribution in [1.82, 2.24) is 4.98 Å². The van der Waals surface area contributed by atoms with Gasteiger partial charge in [0.15, 0.2) is 0 Å². The molecule has 2 aromatic rings. The summed E-state index contributed by atoms with van der Waals surface area (Å²) in [7, 11) is 1.54. The normalized spacial score (nSPS) is 10.4. The molecule has 1 aromatic carbocycles. The summed E-state index contributed by atoms with van der Waals surface area (Å²) < 4.78 is 5.07. The summed E-state index contributed by atoms with van der Waals surface area (Å²) in [5, 5.41) is 11.3. The maximum Gasteiger partial charge on any atom is 0.221 e. The molecule has 72 valence electrons. The van der Waals surface area contributed by atoms with Crippen LogP contribution in [0.5, 0.6) is 11.6 Å². The molecule has 0 amide bonds. The lowest BCUT2D eigenvalue weighted by Crippen LogP contribution is -1.89. The van der Waals surface area contributed by atoms with Crippen molar-refractivity contribution in [3.63, 3.8) is 0 Å². The molecule has 0 aliphatic heterocycles. The number of halogens is 1. The zero-order valence-corrected chi connectivity index (χ0v) is 8.25. The molecule has 0 bridgehead atoms. The molecule has 0 saturated carbocycles. The topological polar surface area (TPSA) is 42.4 Å². The van der Waals surface area contributed by atoms with Crippen LogP contribution in [-0.2, 0) is 0 Å². The first-order valence-electron chi connectivity index (χ1n) is 4.03. The molecular formula is C10H8ClNO2. The van der Waals surface area contributed by atoms with E-state index in [1.165, 1.54) is 6.20 Å². The van der Waals surface area contributed by atoms with Gasteiger partial charge in [-0.2, -0.15) is 0 Å². The Morgan fingerprint density at radius 1 is 1.36 bits per heavy atom. The molecule has 14 heavy (non-hydrogen) atoms. The second-order valence-electron chi connectivity index (χ2n) is 2.85. The maximum atomic E-state index is 9.30. The highest BCUT2D eigenvalue weighted by molar-refractivity contribution is 6.35. The Balaban J connectivity index is 2.84. The van der Waals surface area contributed by atoms with E-state index in [1.807, 2.05) is 0 Å². The number of hydrogen-bond donors (Lipinski definition) is 1. The van der Waals surface area contributed by atoms with E-state index in [-0.39, 0.29) is 5.75 Å². The average Bonchev–Trinajstić information content (AvgIpc) is 2.19. The molecule has 0 saturated heterocycles. The van der Waals surface area contributed by atoms with Crippen molar-refractivity contribution in [2.24, 2.45) is 0 Å². The van der Waals surface area contributed by atoms with Crippen LogP contribution < -0.4 is 4.74 Å². The summed E-state index contributed by atoms with van der Waals surface area (Å²) in [6.07, 6.45) is 1.50. The lowest BCUT2D eigenvalue weighted by molar-refractivity contribution is 0.403. The predicted octanol–water partition coefficient (Wildman–Crippen LogP) is 2.60. The number of fused-ring (bicyclic) bond motifs is 1. The van der Waals surface area contributed by atoms with Crippen LogP contribution >= 0.6 is 11.6 Å². The summed E-state index contributed by atoms with van der Waals surface area (Å²) >= 11 is 5.93. The molecule has 4 heteroatoms. The molecular weight excluding hydrogens is 202 g/mol. The number of aromatic nitrogens is 1. The van der Waals surface area contributed by atoms with E-state index in [2.05, 4.69) is 4.98 Å². The fourth-order valence-corrected chi connectivity index (χ4v) is 1.54. The largest absolute Gasteiger partial charge is 0.508 e. The van der Waals surface area contributed by atoms with Crippen molar-refractivity contribution >= 4 is 22.4 Å². The first-order chi connectivity index (χ1) is 6.72. The highest BCUT2D eigenvalue weighted by Gasteiger charge is 2.06. The monoisotopic (exact) mass is 209 g/mol. The van der Waals surface area contributed by atoms with Gasteiger partial charge in [-0.25, -0.2) is 4.98 Å². The fourth-order valence-electron chi connectivity index (χ4n) is 1.33. The maximum absolute atomic E-state index is 9.30. The molecule has 1 aromatic heterocycles. The molecule has 0 spiro atoms. The van der Waals surface area contributed by atoms with Gasteiger partial charge in [0.25, 0.3) is 0 Å². The highest BCUT2D eigenvalue weighted by Crippen LogP contribution is 2.31. The molecule has 0 aliphatic rings. The quantitative estimate of drug-likeness (QED) is 0.785. The number of rotatable bonds is 1. The van der Waals surface area contributed by atoms with Gasteiger partial charge in [-0.15, -0.1) is 0 Å². The van der Waals surface area contributed by atoms with Gasteiger partial charge in [0.05, 0.1) is 18.3 Å². The Morgan fingerprint density at radius 3 is 2.86 bits per heavy atom. The SMILES string of the molecule is COc1ncc(Cl)c2cc(O)ccc12. The minimum absolute atomic E-state index is 0.174. The van der Waals surface area contributed by atoms with Gasteiger partial charge < -0.3 is 9.84 Å². The van der Waals surface area contributed by atoms with Crippen molar-refractivity contribution in [1.29, 1.82) is 0 Å². The van der Waals surface area contributed by atoms with E-state index in [1.54, 1.807) is 25.3 Å². The van der Waals surface area contributed by atoms with Crippen LogP contribution in [0.1, 0.15) is 0 Å². The summed E-state index contributed by atoms with van der Waals surface area (Å²) in [4.78, 5) is 4.02. The minimum atomic E-state index is 0.174. The lowest BCUT2D eigenvalue weighted by atomic mass is 10.1. The number of pyridine rings is 1. The van der Waals surface area contributed by atoms with Gasteiger partial charge in [-0.1, -0.05) is 11.6 Å². The van der Waals surface area contributed by atoms with Gasteiger partial charge in [0.2, 0.25) is 5.88 Å². The van der Waals surface area contributed by atoms with Gasteiger partial charge in [0, 0.05) is 10.8 Å². The van der Waals surface area contributed by atoms with Gasteiger partial charge in [-0.3, -0.25) is 0 Å². The minimum Gasteiger partial charge on any atom is -0.508 e. The smallest absolute Gasteiger partial charge is 0.221 e. The van der Waals surface area contributed by atoms with E-state index in [9.17, 15) is 5.11 Å². The Kier molecular flexibility index (Phi) is 2.17. The molecule has 1 N–H and O–H groups in total. The third-order valence-corrected chi connectivity index (χ3v) is 2.28. The fraction of sp³-hybridized carbons (Fsp3) is 0.100. The third kappa shape index (κ3) is 1.36. The molecule has 0 atom stereocenters. The Hall–Kier alpha value is -1.48. The van der Waals surface area contributed by atoms with Crippen molar-refractivity contribution in [3.8, 4) is 11.6 Å². The van der Waals surface area contributed by atoms with Crippen molar-refractivity contribution in [2.45, 2.75) is 0 Å². The number of hydrogen-bond acceptors (Lipinski definition) is 3. The molecule has 2 rings (SSSR count). The van der Waals surface area contributed by atoms with Crippen LogP contribution in [-0.4, -0.2) is 17.2 Å².